The largest absolute Gasteiger partial charge is 1.00 e. The van der Waals surface area contributed by atoms with E-state index in [0.717, 1.165) is 6.07 Å². The predicted octanol–water partition coefficient (Wildman–Crippen LogP) is 1.02. The van der Waals surface area contributed by atoms with Crippen LogP contribution in [0.15, 0.2) is 18.1 Å². The number of hydrogen-bond donors (Lipinski definition) is 0. The summed E-state index contributed by atoms with van der Waals surface area (Å²) in [6, 6.07) is 1.55. The molecule has 0 aliphatic carbocycles. The van der Waals surface area contributed by atoms with Gasteiger partial charge in [-0.3, -0.25) is 0 Å². The third-order valence-corrected chi connectivity index (χ3v) is 1.79. The predicted molar refractivity (Wildman–Crippen MR) is 49.5 cm³/mol. The van der Waals surface area contributed by atoms with E-state index in [9.17, 15) is 21.7 Å². The zero-order chi connectivity index (χ0) is 11.6. The molecule has 1 aromatic rings. The fourth-order valence-electron chi connectivity index (χ4n) is 0.892. The molecule has 8 heteroatoms. The van der Waals surface area contributed by atoms with Crippen LogP contribution in [0.5, 0.6) is 0 Å². The molecule has 0 aliphatic heterocycles. The Morgan fingerprint density at radius 1 is 1.12 bits per heavy atom. The van der Waals surface area contributed by atoms with E-state index in [2.05, 4.69) is 0 Å². The molecule has 1 rings (SSSR count). The van der Waals surface area contributed by atoms with Crippen molar-refractivity contribution < 1.29 is 73.1 Å². The maximum atomic E-state index is 12.7. The summed E-state index contributed by atoms with van der Waals surface area (Å²) in [7, 11) is 0. The smallest absolute Gasteiger partial charge is 0.445 e. The summed E-state index contributed by atoms with van der Waals surface area (Å²) in [4.78, 5) is 0. The van der Waals surface area contributed by atoms with Gasteiger partial charge in [0.05, 0.1) is 5.02 Å². The summed E-state index contributed by atoms with van der Waals surface area (Å²) < 4.78 is 60.7. The van der Waals surface area contributed by atoms with Crippen molar-refractivity contribution in [3.8, 4) is 0 Å². The third kappa shape index (κ3) is 5.29. The Balaban J connectivity index is 0.00000225. The fraction of sp³-hybridized carbons (Fsp3) is 0. The van der Waals surface area contributed by atoms with Crippen LogP contribution in [-0.2, 0) is 0 Å². The van der Waals surface area contributed by atoms with E-state index >= 15 is 0 Å². The van der Waals surface area contributed by atoms with Gasteiger partial charge in [0.15, 0.2) is 11.6 Å². The van der Waals surface area contributed by atoms with Gasteiger partial charge in [0.25, 0.3) is 0 Å². The van der Waals surface area contributed by atoms with Gasteiger partial charge >= 0.3 is 58.4 Å². The first kappa shape index (κ1) is 16.6. The van der Waals surface area contributed by atoms with Crippen molar-refractivity contribution in [2.75, 3.05) is 0 Å². The minimum atomic E-state index is -5.10. The van der Waals surface area contributed by atoms with Crippen molar-refractivity contribution in [1.29, 1.82) is 0 Å². The minimum absolute atomic E-state index is 0. The van der Waals surface area contributed by atoms with Crippen LogP contribution < -0.4 is 51.4 Å². The molecule has 0 spiro atoms. The molecular weight excluding hydrogens is 276 g/mol. The molecule has 0 unspecified atom stereocenters. The second-order valence-electron chi connectivity index (χ2n) is 2.78. The average Bonchev–Trinajstić information content (AvgIpc) is 2.09. The molecule has 0 aromatic heterocycles. The zero-order valence-corrected chi connectivity index (χ0v) is 12.0. The molecule has 0 nitrogen and oxygen atoms in total. The Bertz CT molecular complexity index is 381. The van der Waals surface area contributed by atoms with E-state index in [4.69, 9.17) is 11.6 Å². The number of rotatable bonds is 2. The zero-order valence-electron chi connectivity index (χ0n) is 8.15. The van der Waals surface area contributed by atoms with Gasteiger partial charge in [-0.15, -0.1) is 5.98 Å². The second-order valence-corrected chi connectivity index (χ2v) is 3.19. The van der Waals surface area contributed by atoms with Crippen molar-refractivity contribution >= 4 is 24.7 Å². The molecule has 0 fully saturated rings. The third-order valence-electron chi connectivity index (χ3n) is 1.51. The van der Waals surface area contributed by atoms with Crippen LogP contribution in [0, 0.1) is 11.6 Å². The van der Waals surface area contributed by atoms with Crippen molar-refractivity contribution in [2.45, 2.75) is 0 Å². The van der Waals surface area contributed by atoms with Gasteiger partial charge in [0, 0.05) is 0 Å². The van der Waals surface area contributed by atoms with Gasteiger partial charge in [0.1, 0.15) is 0 Å². The maximum Gasteiger partial charge on any atom is 1.00 e. The van der Waals surface area contributed by atoms with Gasteiger partial charge in [-0.25, -0.2) is 8.78 Å². The molecule has 0 saturated heterocycles. The molecule has 0 heterocycles. The van der Waals surface area contributed by atoms with Crippen LogP contribution in [0.25, 0.3) is 6.08 Å². The maximum absolute atomic E-state index is 12.7. The van der Waals surface area contributed by atoms with Crippen LogP contribution in [0.2, 0.25) is 5.02 Å². The Hall–Kier alpha value is 0.601. The molecule has 0 atom stereocenters. The van der Waals surface area contributed by atoms with Crippen LogP contribution in [-0.4, -0.2) is 6.98 Å². The van der Waals surface area contributed by atoms with Gasteiger partial charge in [-0.2, -0.15) is 0 Å². The molecule has 1 aromatic carbocycles. The van der Waals surface area contributed by atoms with Gasteiger partial charge in [0.2, 0.25) is 0 Å². The molecule has 0 amide bonds. The normalized spacial score (nSPS) is 11.6. The van der Waals surface area contributed by atoms with Crippen LogP contribution >= 0.6 is 11.6 Å². The van der Waals surface area contributed by atoms with Crippen molar-refractivity contribution in [3.05, 3.63) is 40.3 Å². The first-order valence-corrected chi connectivity index (χ1v) is 4.21. The van der Waals surface area contributed by atoms with Crippen LogP contribution in [0.3, 0.4) is 0 Å². The first-order chi connectivity index (χ1) is 6.79. The summed E-state index contributed by atoms with van der Waals surface area (Å²) in [5, 5.41) is -0.552. The van der Waals surface area contributed by atoms with E-state index < -0.39 is 23.6 Å². The first-order valence-electron chi connectivity index (χ1n) is 3.83. The Kier molecular flexibility index (Phi) is 6.76. The Labute approximate surface area is 136 Å². The van der Waals surface area contributed by atoms with Crippen molar-refractivity contribution in [1.82, 2.24) is 0 Å². The molecule has 0 bridgehead atoms. The molecule has 0 radical (unpaired) electrons. The van der Waals surface area contributed by atoms with Crippen LogP contribution in [0.4, 0.5) is 21.7 Å². The summed E-state index contributed by atoms with van der Waals surface area (Å²) in [5.41, 5.74) is -0.141. The Morgan fingerprint density at radius 3 is 2.12 bits per heavy atom. The average molecular weight is 280 g/mol. The monoisotopic (exact) mass is 280 g/mol. The van der Waals surface area contributed by atoms with Gasteiger partial charge in [-0.05, 0) is 17.7 Å². The summed E-state index contributed by atoms with van der Waals surface area (Å²) >= 11 is 5.24. The fourth-order valence-corrected chi connectivity index (χ4v) is 1.11. The SMILES string of the molecule is Fc1cc(/C=C/[B-](F)(F)F)cc(Cl)c1F.[K+]. The molecular formula is C8H4BClF5K. The van der Waals surface area contributed by atoms with E-state index in [1.165, 1.54) is 0 Å². The van der Waals surface area contributed by atoms with Crippen molar-refractivity contribution in [3.63, 3.8) is 0 Å². The van der Waals surface area contributed by atoms with Crippen LogP contribution in [0.1, 0.15) is 5.56 Å². The standard InChI is InChI=1S/C8H4BClF5.K/c10-6-3-5(1-2-9(13,14)15)4-7(11)8(6)12;/h1-4H;/q-1;+1/b2-1+;. The summed E-state index contributed by atoms with van der Waals surface area (Å²) in [6.45, 7) is -5.10. The van der Waals surface area contributed by atoms with E-state index in [-0.39, 0.29) is 62.9 Å². The molecule has 82 valence electrons. The van der Waals surface area contributed by atoms with Gasteiger partial charge < -0.3 is 12.9 Å². The number of benzene rings is 1. The number of halogens is 6. The molecule has 16 heavy (non-hydrogen) atoms. The second kappa shape index (κ2) is 6.51. The molecule has 0 N–H and O–H groups in total. The quantitative estimate of drug-likeness (QED) is 0.431. The number of hydrogen-bond acceptors (Lipinski definition) is 0. The Morgan fingerprint density at radius 2 is 1.69 bits per heavy atom. The van der Waals surface area contributed by atoms with Gasteiger partial charge in [-0.1, -0.05) is 17.7 Å². The topological polar surface area (TPSA) is 0 Å². The summed E-state index contributed by atoms with van der Waals surface area (Å²) in [6.07, 6.45) is 0.633. The van der Waals surface area contributed by atoms with E-state index in [1.807, 2.05) is 0 Å². The summed E-state index contributed by atoms with van der Waals surface area (Å²) in [5.74, 6) is -2.58. The van der Waals surface area contributed by atoms with E-state index in [0.29, 0.717) is 12.1 Å². The minimum Gasteiger partial charge on any atom is -0.445 e. The van der Waals surface area contributed by atoms with E-state index in [1.54, 1.807) is 0 Å². The molecule has 0 aliphatic rings. The van der Waals surface area contributed by atoms with Crippen molar-refractivity contribution in [2.24, 2.45) is 0 Å². The molecule has 0 saturated carbocycles.